The summed E-state index contributed by atoms with van der Waals surface area (Å²) in [5.74, 6) is -2.28. The van der Waals surface area contributed by atoms with Crippen LogP contribution in [0.4, 0.5) is 8.78 Å². The number of ether oxygens (including phenoxy) is 1. The molecule has 1 aromatic rings. The molecule has 2 atom stereocenters. The summed E-state index contributed by atoms with van der Waals surface area (Å²) in [4.78, 5) is 33.4. The van der Waals surface area contributed by atoms with E-state index in [0.717, 1.165) is 25.1 Å². The van der Waals surface area contributed by atoms with E-state index in [1.807, 2.05) is 51.7 Å². The molecule has 48 heavy (non-hydrogen) atoms. The first-order chi connectivity index (χ1) is 22.8. The van der Waals surface area contributed by atoms with Gasteiger partial charge in [0.25, 0.3) is 5.91 Å². The van der Waals surface area contributed by atoms with Gasteiger partial charge in [-0.1, -0.05) is 66.0 Å². The van der Waals surface area contributed by atoms with E-state index in [4.69, 9.17) is 10.5 Å². The number of aliphatic imine (C=N–C) groups is 1. The predicted octanol–water partition coefficient (Wildman–Crippen LogP) is 7.99. The van der Waals surface area contributed by atoms with Crippen LogP contribution in [0.2, 0.25) is 0 Å². The summed E-state index contributed by atoms with van der Waals surface area (Å²) in [6.45, 7) is 20.9. The second-order valence-electron chi connectivity index (χ2n) is 12.6. The van der Waals surface area contributed by atoms with E-state index in [0.29, 0.717) is 49.3 Å². The Morgan fingerprint density at radius 3 is 2.54 bits per heavy atom. The lowest BCUT2D eigenvalue weighted by Crippen LogP contribution is -2.44. The molecule has 2 aliphatic rings. The molecule has 8 nitrogen and oxygen atoms in total. The summed E-state index contributed by atoms with van der Waals surface area (Å²) >= 11 is 0. The van der Waals surface area contributed by atoms with E-state index in [-0.39, 0.29) is 58.7 Å². The SMILES string of the molecule is C=C(/C=C\C=C/CC)NC(=O)c1cc(F)c(/C(=C2\C(N)=NC=C(F)N2C(=C)C2CCCN(C(=O)CC(C)C)C2)C(C)CC)c(OCC)c1. The number of halogens is 2. The Bertz CT molecular complexity index is 1540. The highest BCUT2D eigenvalue weighted by Crippen LogP contribution is 2.43. The van der Waals surface area contributed by atoms with E-state index < -0.39 is 17.7 Å². The molecule has 3 rings (SSSR count). The van der Waals surface area contributed by atoms with Crippen LogP contribution < -0.4 is 15.8 Å². The number of piperidine rings is 1. The number of nitrogens with zero attached hydrogens (tertiary/aromatic N) is 3. The zero-order chi connectivity index (χ0) is 35.5. The second kappa shape index (κ2) is 17.6. The summed E-state index contributed by atoms with van der Waals surface area (Å²) in [6, 6.07) is 2.60. The fraction of sp³-hybridized carbons (Fsp3) is 0.447. The Kier molecular flexibility index (Phi) is 13.9. The number of nitrogens with one attached hydrogen (secondary N) is 1. The van der Waals surface area contributed by atoms with Crippen LogP contribution in [-0.2, 0) is 4.79 Å². The molecule has 2 aliphatic heterocycles. The smallest absolute Gasteiger partial charge is 0.255 e. The van der Waals surface area contributed by atoms with E-state index in [9.17, 15) is 9.59 Å². The first-order valence-corrected chi connectivity index (χ1v) is 16.8. The molecule has 2 heterocycles. The Labute approximate surface area is 284 Å². The van der Waals surface area contributed by atoms with Crippen molar-refractivity contribution in [3.05, 3.63) is 95.8 Å². The summed E-state index contributed by atoms with van der Waals surface area (Å²) in [5.41, 5.74) is 7.86. The van der Waals surface area contributed by atoms with E-state index >= 15 is 8.78 Å². The maximum absolute atomic E-state index is 16.5. The van der Waals surface area contributed by atoms with Crippen LogP contribution in [0, 0.1) is 23.6 Å². The molecule has 3 N–H and O–H groups in total. The van der Waals surface area contributed by atoms with Crippen molar-refractivity contribution in [1.29, 1.82) is 0 Å². The number of amides is 2. The lowest BCUT2D eigenvalue weighted by Gasteiger charge is -2.40. The van der Waals surface area contributed by atoms with Crippen molar-refractivity contribution < 1.29 is 23.1 Å². The molecule has 260 valence electrons. The topological polar surface area (TPSA) is 100 Å². The summed E-state index contributed by atoms with van der Waals surface area (Å²) < 4.78 is 38.4. The average molecular weight is 664 g/mol. The maximum atomic E-state index is 16.5. The van der Waals surface area contributed by atoms with Crippen molar-refractivity contribution in [2.45, 2.75) is 73.6 Å². The third-order valence-corrected chi connectivity index (χ3v) is 8.41. The fourth-order valence-electron chi connectivity index (χ4n) is 5.83. The number of likely N-dealkylation sites (tertiary alicyclic amines) is 1. The van der Waals surface area contributed by atoms with Crippen LogP contribution in [-0.4, -0.2) is 47.1 Å². The Balaban J connectivity index is 2.13. The number of benzene rings is 1. The number of nitrogens with two attached hydrogens (primary N) is 1. The molecular formula is C38H51F2N5O3. The number of rotatable bonds is 14. The largest absolute Gasteiger partial charge is 0.493 e. The van der Waals surface area contributed by atoms with Gasteiger partial charge in [0.2, 0.25) is 11.9 Å². The van der Waals surface area contributed by atoms with Gasteiger partial charge in [-0.3, -0.25) is 14.5 Å². The van der Waals surface area contributed by atoms with Crippen molar-refractivity contribution in [3.8, 4) is 5.75 Å². The summed E-state index contributed by atoms with van der Waals surface area (Å²) in [6.07, 6.45) is 11.5. The predicted molar refractivity (Wildman–Crippen MR) is 190 cm³/mol. The molecule has 2 amide bonds. The number of allylic oxidation sites excluding steroid dienone is 5. The quantitative estimate of drug-likeness (QED) is 0.155. The molecule has 1 fully saturated rings. The van der Waals surface area contributed by atoms with Crippen LogP contribution in [0.15, 0.2) is 83.8 Å². The average Bonchev–Trinajstić information content (AvgIpc) is 3.05. The lowest BCUT2D eigenvalue weighted by molar-refractivity contribution is -0.133. The van der Waals surface area contributed by atoms with Gasteiger partial charge in [0.1, 0.15) is 17.4 Å². The van der Waals surface area contributed by atoms with Crippen molar-refractivity contribution in [3.63, 3.8) is 0 Å². The zero-order valence-electron chi connectivity index (χ0n) is 29.2. The minimum absolute atomic E-state index is 0.0136. The molecular weight excluding hydrogens is 612 g/mol. The Hall–Kier alpha value is -4.47. The third kappa shape index (κ3) is 9.33. The zero-order valence-corrected chi connectivity index (χ0v) is 29.2. The highest BCUT2D eigenvalue weighted by molar-refractivity contribution is 6.06. The number of hydrogen-bond acceptors (Lipinski definition) is 6. The van der Waals surface area contributed by atoms with Crippen LogP contribution in [0.25, 0.3) is 5.57 Å². The maximum Gasteiger partial charge on any atom is 0.255 e. The van der Waals surface area contributed by atoms with Gasteiger partial charge in [-0.15, -0.1) is 0 Å². The number of carbonyl (C=O) groups is 2. The van der Waals surface area contributed by atoms with Crippen LogP contribution in [0.3, 0.4) is 0 Å². The Morgan fingerprint density at radius 1 is 1.17 bits per heavy atom. The van der Waals surface area contributed by atoms with E-state index in [1.54, 1.807) is 19.1 Å². The van der Waals surface area contributed by atoms with Crippen LogP contribution in [0.5, 0.6) is 5.75 Å². The van der Waals surface area contributed by atoms with E-state index in [2.05, 4.69) is 23.5 Å². The van der Waals surface area contributed by atoms with Crippen LogP contribution >= 0.6 is 0 Å². The molecule has 0 saturated carbocycles. The fourth-order valence-corrected chi connectivity index (χ4v) is 5.83. The first kappa shape index (κ1) is 38.0. The van der Waals surface area contributed by atoms with Gasteiger partial charge in [0, 0.05) is 42.4 Å². The van der Waals surface area contributed by atoms with Crippen LogP contribution in [0.1, 0.15) is 89.6 Å². The minimum Gasteiger partial charge on any atom is -0.493 e. The second-order valence-corrected chi connectivity index (χ2v) is 12.6. The van der Waals surface area contributed by atoms with Gasteiger partial charge in [-0.25, -0.2) is 9.38 Å². The molecule has 1 aromatic carbocycles. The van der Waals surface area contributed by atoms with Gasteiger partial charge >= 0.3 is 0 Å². The van der Waals surface area contributed by atoms with Crippen molar-refractivity contribution in [2.75, 3.05) is 19.7 Å². The highest BCUT2D eigenvalue weighted by Gasteiger charge is 2.36. The Morgan fingerprint density at radius 2 is 1.90 bits per heavy atom. The number of amidine groups is 1. The molecule has 2 unspecified atom stereocenters. The summed E-state index contributed by atoms with van der Waals surface area (Å²) in [5, 5.41) is 2.68. The summed E-state index contributed by atoms with van der Waals surface area (Å²) in [7, 11) is 0. The molecule has 0 aliphatic carbocycles. The van der Waals surface area contributed by atoms with Gasteiger partial charge in [0.15, 0.2) is 0 Å². The lowest BCUT2D eigenvalue weighted by atomic mass is 9.86. The molecule has 0 radical (unpaired) electrons. The number of hydrogen-bond donors (Lipinski definition) is 2. The van der Waals surface area contributed by atoms with Crippen molar-refractivity contribution in [2.24, 2.45) is 28.5 Å². The molecule has 0 bridgehead atoms. The van der Waals surface area contributed by atoms with E-state index in [1.165, 1.54) is 11.0 Å². The normalized spacial score (nSPS) is 18.6. The molecule has 1 saturated heterocycles. The standard InChI is InChI=1S/C38H51F2N5O3/c1-9-12-13-14-16-26(7)43-38(47)29-20-30(39)35(31(21-29)48-11-3)34(25(6)10-2)36-37(41)42-22-32(40)45(36)27(8)28-17-15-18-44(23-28)33(46)19-24(4)5/h12-14,16,20-22,24-25,28H,7-11,15,17-19,23H2,1-6H3,(H2,41,42)(H,43,47)/b13-12-,16-14-,36-34+. The van der Waals surface area contributed by atoms with Crippen molar-refractivity contribution in [1.82, 2.24) is 15.1 Å². The van der Waals surface area contributed by atoms with Gasteiger partial charge in [0.05, 0.1) is 24.1 Å². The van der Waals surface area contributed by atoms with Gasteiger partial charge in [-0.05, 0) is 68.2 Å². The number of carbonyl (C=O) groups excluding carboxylic acids is 2. The molecule has 0 aromatic heterocycles. The molecule has 10 heteroatoms. The highest BCUT2D eigenvalue weighted by atomic mass is 19.1. The van der Waals surface area contributed by atoms with Gasteiger partial charge in [-0.2, -0.15) is 4.39 Å². The molecule has 0 spiro atoms. The first-order valence-electron chi connectivity index (χ1n) is 16.8. The monoisotopic (exact) mass is 663 g/mol. The third-order valence-electron chi connectivity index (χ3n) is 8.41. The van der Waals surface area contributed by atoms with Gasteiger partial charge < -0.3 is 20.7 Å². The minimum atomic E-state index is -0.739. The van der Waals surface area contributed by atoms with Crippen molar-refractivity contribution >= 4 is 23.2 Å².